The van der Waals surface area contributed by atoms with Crippen molar-refractivity contribution in [1.29, 1.82) is 0 Å². The van der Waals surface area contributed by atoms with Crippen LogP contribution in [0.1, 0.15) is 53.4 Å². The first-order valence-electron chi connectivity index (χ1n) is 4.77. The number of hydrogen-bond donors (Lipinski definition) is 0. The summed E-state index contributed by atoms with van der Waals surface area (Å²) in [5, 5.41) is 0. The van der Waals surface area contributed by atoms with Gasteiger partial charge in [0.2, 0.25) is 0 Å². The maximum atomic E-state index is 2.34. The van der Waals surface area contributed by atoms with Crippen molar-refractivity contribution in [3.8, 4) is 0 Å². The molecule has 0 heterocycles. The summed E-state index contributed by atoms with van der Waals surface area (Å²) in [5.41, 5.74) is 0.540. The van der Waals surface area contributed by atoms with Crippen LogP contribution in [0.4, 0.5) is 0 Å². The van der Waals surface area contributed by atoms with E-state index in [0.717, 1.165) is 0 Å². The third-order valence-corrected chi connectivity index (χ3v) is 2.35. The molecule has 0 saturated carbocycles. The molecule has 0 fully saturated rings. The van der Waals surface area contributed by atoms with Gasteiger partial charge in [-0.3, -0.25) is 0 Å². The van der Waals surface area contributed by atoms with E-state index >= 15 is 0 Å². The summed E-state index contributed by atoms with van der Waals surface area (Å²) in [6.07, 6.45) is 9.58. The second-order valence-electron chi connectivity index (χ2n) is 3.94. The van der Waals surface area contributed by atoms with Gasteiger partial charge in [0.05, 0.1) is 0 Å². The molecule has 0 spiro atoms. The summed E-state index contributed by atoms with van der Waals surface area (Å²) >= 11 is 0. The Kier molecular flexibility index (Phi) is 5.27. The first-order valence-corrected chi connectivity index (χ1v) is 4.77. The molecule has 0 aliphatic carbocycles. The SMILES string of the molecule is CCC=CCCC(C)(C)CC. The monoisotopic (exact) mass is 154 g/mol. The maximum Gasteiger partial charge on any atom is -0.0346 e. The van der Waals surface area contributed by atoms with Gasteiger partial charge in [-0.15, -0.1) is 0 Å². The van der Waals surface area contributed by atoms with E-state index in [1.807, 2.05) is 0 Å². The molecule has 0 aromatic heterocycles. The molecule has 0 rings (SSSR count). The van der Waals surface area contributed by atoms with E-state index in [9.17, 15) is 0 Å². The van der Waals surface area contributed by atoms with Gasteiger partial charge >= 0.3 is 0 Å². The van der Waals surface area contributed by atoms with Crippen LogP contribution in [0.25, 0.3) is 0 Å². The highest BCUT2D eigenvalue weighted by Gasteiger charge is 2.12. The zero-order chi connectivity index (χ0) is 8.74. The zero-order valence-corrected chi connectivity index (χ0v) is 8.48. The average Bonchev–Trinajstić information content (AvgIpc) is 1.99. The third kappa shape index (κ3) is 6.15. The van der Waals surface area contributed by atoms with Crippen molar-refractivity contribution < 1.29 is 0 Å². The molecule has 0 nitrogen and oxygen atoms in total. The maximum absolute atomic E-state index is 2.34. The second-order valence-corrected chi connectivity index (χ2v) is 3.94. The van der Waals surface area contributed by atoms with Crippen molar-refractivity contribution in [3.05, 3.63) is 12.2 Å². The quantitative estimate of drug-likeness (QED) is 0.521. The van der Waals surface area contributed by atoms with Gasteiger partial charge in [-0.25, -0.2) is 0 Å². The molecule has 0 aliphatic heterocycles. The molecule has 0 unspecified atom stereocenters. The van der Waals surface area contributed by atoms with Gasteiger partial charge in [-0.1, -0.05) is 46.3 Å². The molecule has 11 heavy (non-hydrogen) atoms. The van der Waals surface area contributed by atoms with E-state index in [-0.39, 0.29) is 0 Å². The lowest BCUT2D eigenvalue weighted by atomic mass is 9.85. The number of allylic oxidation sites excluding steroid dienone is 2. The Morgan fingerprint density at radius 3 is 2.18 bits per heavy atom. The van der Waals surface area contributed by atoms with Crippen LogP contribution in [0.3, 0.4) is 0 Å². The zero-order valence-electron chi connectivity index (χ0n) is 8.48. The van der Waals surface area contributed by atoms with Gasteiger partial charge in [0.15, 0.2) is 0 Å². The Morgan fingerprint density at radius 2 is 1.73 bits per heavy atom. The van der Waals surface area contributed by atoms with E-state index < -0.39 is 0 Å². The van der Waals surface area contributed by atoms with Gasteiger partial charge in [0.1, 0.15) is 0 Å². The van der Waals surface area contributed by atoms with E-state index in [2.05, 4.69) is 39.8 Å². The highest BCUT2D eigenvalue weighted by atomic mass is 14.2. The van der Waals surface area contributed by atoms with E-state index in [1.54, 1.807) is 0 Å². The van der Waals surface area contributed by atoms with Gasteiger partial charge < -0.3 is 0 Å². The van der Waals surface area contributed by atoms with Crippen molar-refractivity contribution in [2.75, 3.05) is 0 Å². The molecular weight excluding hydrogens is 132 g/mol. The van der Waals surface area contributed by atoms with Crippen molar-refractivity contribution in [3.63, 3.8) is 0 Å². The Balaban J connectivity index is 3.45. The molecule has 0 aromatic carbocycles. The number of rotatable bonds is 5. The van der Waals surface area contributed by atoms with Gasteiger partial charge in [0, 0.05) is 0 Å². The molecular formula is C11H22. The first kappa shape index (κ1) is 10.7. The smallest absolute Gasteiger partial charge is 0.0346 e. The minimum absolute atomic E-state index is 0.540. The lowest BCUT2D eigenvalue weighted by Gasteiger charge is -2.21. The minimum atomic E-state index is 0.540. The van der Waals surface area contributed by atoms with Gasteiger partial charge in [0.25, 0.3) is 0 Å². The topological polar surface area (TPSA) is 0 Å². The molecule has 0 atom stereocenters. The molecule has 0 bridgehead atoms. The van der Waals surface area contributed by atoms with Crippen LogP contribution in [-0.2, 0) is 0 Å². The molecule has 0 N–H and O–H groups in total. The molecule has 0 amide bonds. The molecule has 0 radical (unpaired) electrons. The second kappa shape index (κ2) is 5.40. The third-order valence-electron chi connectivity index (χ3n) is 2.35. The first-order chi connectivity index (χ1) is 5.12. The molecule has 66 valence electrons. The van der Waals surface area contributed by atoms with Crippen molar-refractivity contribution in [1.82, 2.24) is 0 Å². The Morgan fingerprint density at radius 1 is 1.09 bits per heavy atom. The van der Waals surface area contributed by atoms with Crippen LogP contribution in [0, 0.1) is 5.41 Å². The predicted octanol–water partition coefficient (Wildman–Crippen LogP) is 4.17. The Bertz CT molecular complexity index is 109. The van der Waals surface area contributed by atoms with Crippen LogP contribution < -0.4 is 0 Å². The van der Waals surface area contributed by atoms with Crippen LogP contribution in [-0.4, -0.2) is 0 Å². The predicted molar refractivity (Wildman–Crippen MR) is 52.7 cm³/mol. The summed E-state index contributed by atoms with van der Waals surface area (Å²) in [7, 11) is 0. The van der Waals surface area contributed by atoms with Crippen molar-refractivity contribution in [2.24, 2.45) is 5.41 Å². The van der Waals surface area contributed by atoms with Crippen LogP contribution >= 0.6 is 0 Å². The van der Waals surface area contributed by atoms with Gasteiger partial charge in [-0.05, 0) is 24.7 Å². The summed E-state index contributed by atoms with van der Waals surface area (Å²) < 4.78 is 0. The van der Waals surface area contributed by atoms with E-state index in [0.29, 0.717) is 5.41 Å². The van der Waals surface area contributed by atoms with Crippen LogP contribution in [0.15, 0.2) is 12.2 Å². The molecule has 0 saturated heterocycles. The lowest BCUT2D eigenvalue weighted by molar-refractivity contribution is 0.325. The van der Waals surface area contributed by atoms with Crippen LogP contribution in [0.2, 0.25) is 0 Å². The summed E-state index contributed by atoms with van der Waals surface area (Å²) in [6, 6.07) is 0. The fraction of sp³-hybridized carbons (Fsp3) is 0.818. The van der Waals surface area contributed by atoms with Gasteiger partial charge in [-0.2, -0.15) is 0 Å². The summed E-state index contributed by atoms with van der Waals surface area (Å²) in [5.74, 6) is 0. The highest BCUT2D eigenvalue weighted by molar-refractivity contribution is 4.82. The number of hydrogen-bond acceptors (Lipinski definition) is 0. The Hall–Kier alpha value is -0.260. The van der Waals surface area contributed by atoms with E-state index in [4.69, 9.17) is 0 Å². The van der Waals surface area contributed by atoms with E-state index in [1.165, 1.54) is 25.7 Å². The molecule has 0 heteroatoms. The highest BCUT2D eigenvalue weighted by Crippen LogP contribution is 2.25. The fourth-order valence-corrected chi connectivity index (χ4v) is 0.935. The summed E-state index contributed by atoms with van der Waals surface area (Å²) in [6.45, 7) is 9.13. The fourth-order valence-electron chi connectivity index (χ4n) is 0.935. The molecule has 0 aromatic rings. The largest absolute Gasteiger partial charge is 0.0888 e. The average molecular weight is 154 g/mol. The normalized spacial score (nSPS) is 12.7. The van der Waals surface area contributed by atoms with Crippen molar-refractivity contribution in [2.45, 2.75) is 53.4 Å². The Labute approximate surface area is 71.7 Å². The van der Waals surface area contributed by atoms with Crippen molar-refractivity contribution >= 4 is 0 Å². The van der Waals surface area contributed by atoms with Crippen LogP contribution in [0.5, 0.6) is 0 Å². The molecule has 0 aliphatic rings. The standard InChI is InChI=1S/C11H22/c1-5-7-8-9-10-11(3,4)6-2/h7-8H,5-6,9-10H2,1-4H3. The minimum Gasteiger partial charge on any atom is -0.0888 e. The summed E-state index contributed by atoms with van der Waals surface area (Å²) in [4.78, 5) is 0. The lowest BCUT2D eigenvalue weighted by Crippen LogP contribution is -2.08.